The van der Waals surface area contributed by atoms with Crippen LogP contribution >= 0.6 is 0 Å². The molecule has 0 bridgehead atoms. The molecule has 1 aromatic heterocycles. The molecule has 2 N–H and O–H groups in total. The summed E-state index contributed by atoms with van der Waals surface area (Å²) in [6.45, 7) is 0. The fourth-order valence-corrected chi connectivity index (χ4v) is 4.64. The number of nitrogens with one attached hydrogen (secondary N) is 1. The molecule has 1 fully saturated rings. The van der Waals surface area contributed by atoms with E-state index in [1.807, 2.05) is 30.3 Å². The predicted molar refractivity (Wildman–Crippen MR) is 76.6 cm³/mol. The van der Waals surface area contributed by atoms with Gasteiger partial charge in [0.15, 0.2) is 0 Å². The molecule has 0 amide bonds. The molecular formula is C14H15N2O2S+. The zero-order chi connectivity index (χ0) is 13.2. The Kier molecular flexibility index (Phi) is 3.29. The average molecular weight is 275 g/mol. The molecule has 98 valence electrons. The lowest BCUT2D eigenvalue weighted by Gasteiger charge is -2.04. The second-order valence-corrected chi connectivity index (χ2v) is 6.75. The van der Waals surface area contributed by atoms with E-state index < -0.39 is 0 Å². The van der Waals surface area contributed by atoms with Crippen LogP contribution < -0.4 is 5.56 Å². The van der Waals surface area contributed by atoms with Gasteiger partial charge in [-0.15, -0.1) is 0 Å². The van der Waals surface area contributed by atoms with Crippen molar-refractivity contribution in [2.75, 3.05) is 11.5 Å². The van der Waals surface area contributed by atoms with Crippen LogP contribution in [-0.4, -0.2) is 26.6 Å². The third-order valence-electron chi connectivity index (χ3n) is 3.23. The standard InChI is InChI=1S/C14H14N2O2S/c17-13-11(19-8-4-5-9-19)14(18)16-12(15-13)10-6-2-1-3-7-10/h1-3,6-7H,4-5,8-9H2,(H-,15,16,17,18)/p+1. The van der Waals surface area contributed by atoms with Crippen LogP contribution in [0.25, 0.3) is 11.4 Å². The van der Waals surface area contributed by atoms with Crippen LogP contribution in [0.4, 0.5) is 0 Å². The highest BCUT2D eigenvalue weighted by Gasteiger charge is 2.34. The van der Waals surface area contributed by atoms with E-state index in [0.29, 0.717) is 10.7 Å². The highest BCUT2D eigenvalue weighted by Crippen LogP contribution is 2.27. The average Bonchev–Trinajstić information content (AvgIpc) is 2.93. The fourth-order valence-electron chi connectivity index (χ4n) is 2.30. The summed E-state index contributed by atoms with van der Waals surface area (Å²) in [7, 11) is -0.135. The minimum atomic E-state index is -0.198. The molecule has 2 heterocycles. The summed E-state index contributed by atoms with van der Waals surface area (Å²) in [5.74, 6) is 2.30. The Morgan fingerprint density at radius 2 is 1.84 bits per heavy atom. The minimum Gasteiger partial charge on any atom is -0.490 e. The molecule has 1 saturated heterocycles. The summed E-state index contributed by atoms with van der Waals surface area (Å²) in [4.78, 5) is 19.6. The van der Waals surface area contributed by atoms with Crippen LogP contribution in [0.2, 0.25) is 0 Å². The largest absolute Gasteiger partial charge is 0.490 e. The Morgan fingerprint density at radius 1 is 1.16 bits per heavy atom. The van der Waals surface area contributed by atoms with Crippen LogP contribution in [-0.2, 0) is 10.9 Å². The lowest BCUT2D eigenvalue weighted by atomic mass is 10.2. The molecule has 0 atom stereocenters. The fraction of sp³-hybridized carbons (Fsp3) is 0.286. The summed E-state index contributed by atoms with van der Waals surface area (Å²) < 4.78 is 0. The number of hydrogen-bond acceptors (Lipinski definition) is 3. The zero-order valence-corrected chi connectivity index (χ0v) is 11.2. The van der Waals surface area contributed by atoms with Gasteiger partial charge in [-0.2, -0.15) is 4.98 Å². The van der Waals surface area contributed by atoms with Crippen molar-refractivity contribution in [3.63, 3.8) is 0 Å². The molecule has 1 aliphatic heterocycles. The molecule has 3 rings (SSSR count). The lowest BCUT2D eigenvalue weighted by Crippen LogP contribution is -2.20. The van der Waals surface area contributed by atoms with Gasteiger partial charge in [0.2, 0.25) is 0 Å². The summed E-state index contributed by atoms with van der Waals surface area (Å²) >= 11 is 0. The maximum atomic E-state index is 12.2. The van der Waals surface area contributed by atoms with Gasteiger partial charge in [0.05, 0.1) is 0 Å². The zero-order valence-electron chi connectivity index (χ0n) is 10.4. The van der Waals surface area contributed by atoms with E-state index in [9.17, 15) is 9.90 Å². The summed E-state index contributed by atoms with van der Waals surface area (Å²) in [6.07, 6.45) is 2.25. The lowest BCUT2D eigenvalue weighted by molar-refractivity contribution is 0.436. The highest BCUT2D eigenvalue weighted by atomic mass is 32.2. The van der Waals surface area contributed by atoms with E-state index in [1.165, 1.54) is 0 Å². The molecule has 1 aliphatic rings. The van der Waals surface area contributed by atoms with Crippen LogP contribution in [0.15, 0.2) is 40.0 Å². The Hall–Kier alpha value is -1.75. The van der Waals surface area contributed by atoms with Gasteiger partial charge in [0.25, 0.3) is 10.8 Å². The smallest absolute Gasteiger partial charge is 0.310 e. The minimum absolute atomic E-state index is 0.104. The van der Waals surface area contributed by atoms with Crippen molar-refractivity contribution >= 4 is 10.9 Å². The van der Waals surface area contributed by atoms with Gasteiger partial charge in [0.1, 0.15) is 17.3 Å². The number of rotatable bonds is 2. The van der Waals surface area contributed by atoms with Gasteiger partial charge < -0.3 is 10.1 Å². The summed E-state index contributed by atoms with van der Waals surface area (Å²) in [5.41, 5.74) is 0.604. The molecule has 5 heteroatoms. The van der Waals surface area contributed by atoms with E-state index in [-0.39, 0.29) is 22.3 Å². The number of aromatic nitrogens is 2. The number of aromatic hydroxyl groups is 1. The normalized spacial score (nSPS) is 15.8. The highest BCUT2D eigenvalue weighted by molar-refractivity contribution is 7.97. The third-order valence-corrected chi connectivity index (χ3v) is 5.73. The van der Waals surface area contributed by atoms with Gasteiger partial charge in [0, 0.05) is 16.5 Å². The molecular weight excluding hydrogens is 260 g/mol. The first-order valence-electron chi connectivity index (χ1n) is 6.32. The Balaban J connectivity index is 2.05. The summed E-state index contributed by atoms with van der Waals surface area (Å²) in [6, 6.07) is 9.36. The SMILES string of the molecule is O=c1[nH]c(-c2ccccc2)nc(O)c1[S+]1CCCC1. The van der Waals surface area contributed by atoms with Crippen molar-refractivity contribution in [3.05, 3.63) is 40.7 Å². The molecule has 2 aromatic rings. The Labute approximate surface area is 113 Å². The van der Waals surface area contributed by atoms with Crippen molar-refractivity contribution in [1.29, 1.82) is 0 Å². The van der Waals surface area contributed by atoms with Crippen molar-refractivity contribution in [3.8, 4) is 17.3 Å². The maximum absolute atomic E-state index is 12.2. The Morgan fingerprint density at radius 3 is 2.47 bits per heavy atom. The van der Waals surface area contributed by atoms with Gasteiger partial charge in [-0.05, 0) is 12.8 Å². The second kappa shape index (κ2) is 5.09. The van der Waals surface area contributed by atoms with Gasteiger partial charge in [-0.25, -0.2) is 0 Å². The molecule has 0 aliphatic carbocycles. The number of H-pyrrole nitrogens is 1. The monoisotopic (exact) mass is 275 g/mol. The first kappa shape index (κ1) is 12.3. The van der Waals surface area contributed by atoms with Crippen LogP contribution in [0, 0.1) is 0 Å². The van der Waals surface area contributed by atoms with Crippen molar-refractivity contribution in [1.82, 2.24) is 9.97 Å². The molecule has 0 radical (unpaired) electrons. The van der Waals surface area contributed by atoms with E-state index in [4.69, 9.17) is 0 Å². The van der Waals surface area contributed by atoms with Crippen molar-refractivity contribution in [2.45, 2.75) is 17.7 Å². The van der Waals surface area contributed by atoms with Crippen LogP contribution in [0.3, 0.4) is 0 Å². The first-order chi connectivity index (χ1) is 9.25. The van der Waals surface area contributed by atoms with E-state index >= 15 is 0 Å². The molecule has 4 nitrogen and oxygen atoms in total. The second-order valence-electron chi connectivity index (χ2n) is 4.54. The number of nitrogens with zero attached hydrogens (tertiary/aromatic N) is 1. The molecule has 19 heavy (non-hydrogen) atoms. The maximum Gasteiger partial charge on any atom is 0.310 e. The Bertz CT molecular complexity index is 634. The number of aromatic amines is 1. The topological polar surface area (TPSA) is 66.0 Å². The van der Waals surface area contributed by atoms with E-state index in [1.54, 1.807) is 0 Å². The molecule has 0 spiro atoms. The van der Waals surface area contributed by atoms with Gasteiger partial charge in [-0.1, -0.05) is 30.3 Å². The number of benzene rings is 1. The molecule has 0 saturated carbocycles. The van der Waals surface area contributed by atoms with Crippen LogP contribution in [0.1, 0.15) is 12.8 Å². The van der Waals surface area contributed by atoms with Gasteiger partial charge >= 0.3 is 5.56 Å². The van der Waals surface area contributed by atoms with E-state index in [0.717, 1.165) is 29.9 Å². The van der Waals surface area contributed by atoms with Gasteiger partial charge in [-0.3, -0.25) is 4.79 Å². The van der Waals surface area contributed by atoms with E-state index in [2.05, 4.69) is 9.97 Å². The third kappa shape index (κ3) is 2.38. The van der Waals surface area contributed by atoms with Crippen LogP contribution in [0.5, 0.6) is 5.88 Å². The molecule has 0 unspecified atom stereocenters. The summed E-state index contributed by atoms with van der Waals surface area (Å²) in [5, 5.41) is 10.1. The quantitative estimate of drug-likeness (QED) is 0.823. The first-order valence-corrected chi connectivity index (χ1v) is 7.88. The predicted octanol–water partition coefficient (Wildman–Crippen LogP) is 1.91. The van der Waals surface area contributed by atoms with Crippen molar-refractivity contribution in [2.24, 2.45) is 0 Å². The van der Waals surface area contributed by atoms with Crippen molar-refractivity contribution < 1.29 is 5.11 Å². The molecule has 1 aromatic carbocycles. The number of hydrogen-bond donors (Lipinski definition) is 2.